The molecule has 0 fully saturated rings. The molecule has 5 nitrogen and oxygen atoms in total. The molecule has 2 N–H and O–H groups in total. The Kier molecular flexibility index (Phi) is 7.67. The van der Waals surface area contributed by atoms with Crippen molar-refractivity contribution in [3.8, 4) is 11.5 Å². The van der Waals surface area contributed by atoms with Gasteiger partial charge in [0.15, 0.2) is 11.5 Å². The molecule has 0 bridgehead atoms. The van der Waals surface area contributed by atoms with Gasteiger partial charge in [0.2, 0.25) is 0 Å². The van der Waals surface area contributed by atoms with Crippen molar-refractivity contribution in [2.75, 3.05) is 20.2 Å². The molecule has 29 heavy (non-hydrogen) atoms. The first-order valence-corrected chi connectivity index (χ1v) is 10.5. The van der Waals surface area contributed by atoms with E-state index in [0.717, 1.165) is 16.9 Å². The molecule has 0 saturated carbocycles. The van der Waals surface area contributed by atoms with Crippen LogP contribution in [0.15, 0.2) is 66.0 Å². The molecule has 0 atom stereocenters. The molecule has 0 aliphatic rings. The number of methoxy groups -OCH3 is 1. The van der Waals surface area contributed by atoms with Crippen molar-refractivity contribution >= 4 is 17.2 Å². The van der Waals surface area contributed by atoms with Gasteiger partial charge in [-0.3, -0.25) is 4.79 Å². The summed E-state index contributed by atoms with van der Waals surface area (Å²) in [7, 11) is 1.58. The smallest absolute Gasteiger partial charge is 0.254 e. The Morgan fingerprint density at radius 2 is 1.90 bits per heavy atom. The fourth-order valence-electron chi connectivity index (χ4n) is 2.96. The van der Waals surface area contributed by atoms with Crippen LogP contribution in [0.1, 0.15) is 27.2 Å². The Balaban J connectivity index is 1.74. The van der Waals surface area contributed by atoms with Gasteiger partial charge >= 0.3 is 0 Å². The van der Waals surface area contributed by atoms with Crippen molar-refractivity contribution < 1.29 is 14.3 Å². The van der Waals surface area contributed by atoms with E-state index in [4.69, 9.17) is 15.2 Å². The molecule has 0 unspecified atom stereocenters. The van der Waals surface area contributed by atoms with E-state index in [9.17, 15) is 4.79 Å². The second-order valence-corrected chi connectivity index (χ2v) is 7.62. The van der Waals surface area contributed by atoms with Crippen molar-refractivity contribution in [2.45, 2.75) is 19.6 Å². The highest BCUT2D eigenvalue weighted by molar-refractivity contribution is 7.09. The number of amides is 1. The zero-order chi connectivity index (χ0) is 20.5. The van der Waals surface area contributed by atoms with E-state index in [1.54, 1.807) is 36.6 Å². The van der Waals surface area contributed by atoms with Gasteiger partial charge in [-0.15, -0.1) is 11.3 Å². The molecule has 0 aliphatic heterocycles. The molecule has 0 spiro atoms. The zero-order valence-electron chi connectivity index (χ0n) is 16.5. The first kappa shape index (κ1) is 20.9. The van der Waals surface area contributed by atoms with Crippen LogP contribution in [0.3, 0.4) is 0 Å². The summed E-state index contributed by atoms with van der Waals surface area (Å²) in [5.41, 5.74) is 7.30. The SMILES string of the molecule is COc1cc(C(=O)N(CCCN)Cc2cccs2)ccc1OCc1ccccc1. The molecule has 0 radical (unpaired) electrons. The maximum absolute atomic E-state index is 13.1. The van der Waals surface area contributed by atoms with E-state index in [1.165, 1.54) is 0 Å². The van der Waals surface area contributed by atoms with Gasteiger partial charge in [-0.2, -0.15) is 0 Å². The number of ether oxygens (including phenoxy) is 2. The number of thiophene rings is 1. The van der Waals surface area contributed by atoms with Gasteiger partial charge in [-0.25, -0.2) is 0 Å². The van der Waals surface area contributed by atoms with E-state index >= 15 is 0 Å². The summed E-state index contributed by atoms with van der Waals surface area (Å²) in [6, 6.07) is 19.3. The van der Waals surface area contributed by atoms with Crippen LogP contribution in [-0.2, 0) is 13.2 Å². The van der Waals surface area contributed by atoms with E-state index in [2.05, 4.69) is 0 Å². The molecule has 1 heterocycles. The summed E-state index contributed by atoms with van der Waals surface area (Å²) in [4.78, 5) is 16.1. The predicted octanol–water partition coefficient (Wildman–Crippen LogP) is 4.33. The topological polar surface area (TPSA) is 64.8 Å². The molecule has 152 valence electrons. The normalized spacial score (nSPS) is 10.6. The number of rotatable bonds is 10. The third kappa shape index (κ3) is 5.82. The van der Waals surface area contributed by atoms with Crippen LogP contribution >= 0.6 is 11.3 Å². The first-order chi connectivity index (χ1) is 14.2. The molecule has 1 amide bonds. The fraction of sp³-hybridized carbons (Fsp3) is 0.261. The summed E-state index contributed by atoms with van der Waals surface area (Å²) < 4.78 is 11.4. The molecular formula is C23H26N2O3S. The van der Waals surface area contributed by atoms with Gasteiger partial charge in [0.1, 0.15) is 6.61 Å². The quantitative estimate of drug-likeness (QED) is 0.540. The van der Waals surface area contributed by atoms with Gasteiger partial charge in [0.05, 0.1) is 13.7 Å². The monoisotopic (exact) mass is 410 g/mol. The molecule has 6 heteroatoms. The van der Waals surface area contributed by atoms with Gasteiger partial charge in [-0.1, -0.05) is 36.4 Å². The van der Waals surface area contributed by atoms with Crippen LogP contribution < -0.4 is 15.2 Å². The fourth-order valence-corrected chi connectivity index (χ4v) is 3.68. The van der Waals surface area contributed by atoms with Gasteiger partial charge in [-0.05, 0) is 48.2 Å². The molecule has 3 aromatic rings. The lowest BCUT2D eigenvalue weighted by Gasteiger charge is -2.22. The largest absolute Gasteiger partial charge is 0.493 e. The van der Waals surface area contributed by atoms with Gasteiger partial charge in [0.25, 0.3) is 5.91 Å². The summed E-state index contributed by atoms with van der Waals surface area (Å²) in [5.74, 6) is 1.11. The number of hydrogen-bond donors (Lipinski definition) is 1. The van der Waals surface area contributed by atoms with Crippen molar-refractivity contribution in [3.63, 3.8) is 0 Å². The predicted molar refractivity (Wildman–Crippen MR) is 116 cm³/mol. The molecule has 1 aromatic heterocycles. The number of nitrogens with zero attached hydrogens (tertiary/aromatic N) is 1. The van der Waals surface area contributed by atoms with E-state index in [-0.39, 0.29) is 5.91 Å². The zero-order valence-corrected chi connectivity index (χ0v) is 17.4. The average Bonchev–Trinajstić information content (AvgIpc) is 3.28. The lowest BCUT2D eigenvalue weighted by atomic mass is 10.1. The van der Waals surface area contributed by atoms with Crippen LogP contribution in [0.25, 0.3) is 0 Å². The third-order valence-electron chi connectivity index (χ3n) is 4.49. The minimum absolute atomic E-state index is 0.0419. The van der Waals surface area contributed by atoms with E-state index in [1.807, 2.05) is 52.7 Å². The van der Waals surface area contributed by atoms with Crippen molar-refractivity contribution in [2.24, 2.45) is 5.73 Å². The van der Waals surface area contributed by atoms with Crippen LogP contribution in [0, 0.1) is 0 Å². The summed E-state index contributed by atoms with van der Waals surface area (Å²) in [5, 5.41) is 2.02. The summed E-state index contributed by atoms with van der Waals surface area (Å²) >= 11 is 1.64. The standard InChI is InChI=1S/C23H26N2O3S/c1-27-22-15-19(10-11-21(22)28-17-18-7-3-2-4-8-18)23(26)25(13-6-12-24)16-20-9-5-14-29-20/h2-5,7-11,14-15H,6,12-13,16-17,24H2,1H3. The number of nitrogens with two attached hydrogens (primary N) is 1. The molecule has 2 aromatic carbocycles. The Morgan fingerprint density at radius 1 is 1.07 bits per heavy atom. The number of carbonyl (C=O) groups is 1. The Bertz CT molecular complexity index is 898. The van der Waals surface area contributed by atoms with Crippen LogP contribution in [0.4, 0.5) is 0 Å². The lowest BCUT2D eigenvalue weighted by Crippen LogP contribution is -2.32. The minimum atomic E-state index is -0.0419. The Labute approximate surface area is 175 Å². The molecular weight excluding hydrogens is 384 g/mol. The van der Waals surface area contributed by atoms with E-state index < -0.39 is 0 Å². The maximum Gasteiger partial charge on any atom is 0.254 e. The second-order valence-electron chi connectivity index (χ2n) is 6.59. The van der Waals surface area contributed by atoms with Crippen LogP contribution in [-0.4, -0.2) is 31.0 Å². The minimum Gasteiger partial charge on any atom is -0.493 e. The number of hydrogen-bond acceptors (Lipinski definition) is 5. The number of benzene rings is 2. The highest BCUT2D eigenvalue weighted by Crippen LogP contribution is 2.29. The molecule has 0 saturated heterocycles. The highest BCUT2D eigenvalue weighted by Gasteiger charge is 2.18. The van der Waals surface area contributed by atoms with Gasteiger partial charge < -0.3 is 20.1 Å². The first-order valence-electron chi connectivity index (χ1n) is 9.57. The highest BCUT2D eigenvalue weighted by atomic mass is 32.1. The average molecular weight is 411 g/mol. The van der Waals surface area contributed by atoms with Crippen LogP contribution in [0.2, 0.25) is 0 Å². The summed E-state index contributed by atoms with van der Waals surface area (Å²) in [6.07, 6.45) is 0.756. The number of carbonyl (C=O) groups excluding carboxylic acids is 1. The maximum atomic E-state index is 13.1. The van der Waals surface area contributed by atoms with Crippen molar-refractivity contribution in [3.05, 3.63) is 82.0 Å². The third-order valence-corrected chi connectivity index (χ3v) is 5.36. The Morgan fingerprint density at radius 3 is 2.59 bits per heavy atom. The van der Waals surface area contributed by atoms with Crippen molar-refractivity contribution in [1.29, 1.82) is 0 Å². The van der Waals surface area contributed by atoms with E-state index in [0.29, 0.717) is 43.3 Å². The second kappa shape index (κ2) is 10.6. The molecule has 0 aliphatic carbocycles. The molecule has 3 rings (SSSR count). The van der Waals surface area contributed by atoms with Crippen LogP contribution in [0.5, 0.6) is 11.5 Å². The van der Waals surface area contributed by atoms with Gasteiger partial charge in [0, 0.05) is 17.0 Å². The van der Waals surface area contributed by atoms with Crippen molar-refractivity contribution in [1.82, 2.24) is 4.90 Å². The lowest BCUT2D eigenvalue weighted by molar-refractivity contribution is 0.0743. The Hall–Kier alpha value is -2.83. The summed E-state index contributed by atoms with van der Waals surface area (Å²) in [6.45, 7) is 2.17.